The molecule has 0 radical (unpaired) electrons. The lowest BCUT2D eigenvalue weighted by atomic mass is 10.1. The maximum atomic E-state index is 11.1. The minimum atomic E-state index is -0.624. The number of carbonyl (C=O) groups excluding carboxylic acids is 2. The van der Waals surface area contributed by atoms with E-state index in [4.69, 9.17) is 23.1 Å². The molecule has 4 nitrogen and oxygen atoms in total. The summed E-state index contributed by atoms with van der Waals surface area (Å²) in [5.74, 6) is -1.18. The van der Waals surface area contributed by atoms with Gasteiger partial charge in [-0.3, -0.25) is 9.59 Å². The van der Waals surface area contributed by atoms with Gasteiger partial charge in [-0.2, -0.15) is 0 Å². The zero-order chi connectivity index (χ0) is 9.46. The molecule has 0 fully saturated rings. The maximum absolute atomic E-state index is 11.1. The van der Waals surface area contributed by atoms with Crippen molar-refractivity contribution in [2.45, 2.75) is 0 Å². The summed E-state index contributed by atoms with van der Waals surface area (Å²) in [6, 6.07) is 0. The van der Waals surface area contributed by atoms with Gasteiger partial charge in [0.15, 0.2) is 0 Å². The van der Waals surface area contributed by atoms with E-state index in [1.54, 1.807) is 0 Å². The van der Waals surface area contributed by atoms with Gasteiger partial charge in [-0.25, -0.2) is 0 Å². The Morgan fingerprint density at radius 1 is 1.08 bits per heavy atom. The molecule has 0 aromatic heterocycles. The molecule has 1 rings (SSSR count). The lowest BCUT2D eigenvalue weighted by Crippen LogP contribution is -2.27. The van der Waals surface area contributed by atoms with Crippen molar-refractivity contribution in [1.82, 2.24) is 0 Å². The van der Waals surface area contributed by atoms with E-state index >= 15 is 0 Å². The minimum Gasteiger partial charge on any atom is -0.394 e. The third kappa shape index (κ3) is 1.15. The molecule has 0 aromatic carbocycles. The number of Topliss-reactive ketones (excluding diaryl/α,β-unsaturated/α-hetero) is 2. The van der Waals surface area contributed by atoms with Gasteiger partial charge in [-0.15, -0.1) is 0 Å². The molecule has 0 spiro atoms. The third-order valence-electron chi connectivity index (χ3n) is 1.36. The van der Waals surface area contributed by atoms with E-state index in [2.05, 4.69) is 15.9 Å². The van der Waals surface area contributed by atoms with Crippen molar-refractivity contribution in [3.8, 4) is 0 Å². The number of hydrogen-bond donors (Lipinski definition) is 2. The molecule has 0 bridgehead atoms. The van der Waals surface area contributed by atoms with Gasteiger partial charge in [0.05, 0.1) is 10.2 Å². The molecule has 0 unspecified atom stereocenters. The van der Waals surface area contributed by atoms with Crippen molar-refractivity contribution in [1.29, 1.82) is 0 Å². The third-order valence-corrected chi connectivity index (χ3v) is 2.52. The highest BCUT2D eigenvalue weighted by Gasteiger charge is 2.29. The predicted molar refractivity (Wildman–Crippen MR) is 47.2 cm³/mol. The van der Waals surface area contributed by atoms with Gasteiger partial charge in [-0.1, -0.05) is 11.6 Å². The van der Waals surface area contributed by atoms with E-state index in [-0.39, 0.29) is 20.9 Å². The lowest BCUT2D eigenvalue weighted by Gasteiger charge is -2.11. The van der Waals surface area contributed by atoms with E-state index in [0.717, 1.165) is 0 Å². The monoisotopic (exact) mass is 250 g/mol. The minimum absolute atomic E-state index is 0.0330. The predicted octanol–water partition coefficient (Wildman–Crippen LogP) is 0.113. The molecule has 0 heterocycles. The molecule has 0 aliphatic heterocycles. The zero-order valence-electron chi connectivity index (χ0n) is 5.73. The average Bonchev–Trinajstić information content (AvgIpc) is 2.08. The van der Waals surface area contributed by atoms with E-state index in [1.165, 1.54) is 0 Å². The van der Waals surface area contributed by atoms with Crippen molar-refractivity contribution in [3.05, 3.63) is 20.9 Å². The number of carbonyl (C=O) groups is 2. The molecule has 1 aliphatic carbocycles. The standard InChI is InChI=1S/C6H4BrClN2O2/c7-1-3(9)6(12)2(8)4(10)5(1)11/h9-10H2. The van der Waals surface area contributed by atoms with Gasteiger partial charge in [0.2, 0.25) is 11.6 Å². The van der Waals surface area contributed by atoms with Gasteiger partial charge in [0, 0.05) is 0 Å². The molecular formula is C6H4BrClN2O2. The van der Waals surface area contributed by atoms with Gasteiger partial charge in [0.25, 0.3) is 0 Å². The van der Waals surface area contributed by atoms with Gasteiger partial charge in [-0.05, 0) is 15.9 Å². The highest BCUT2D eigenvalue weighted by Crippen LogP contribution is 2.25. The summed E-state index contributed by atoms with van der Waals surface area (Å²) in [7, 11) is 0. The van der Waals surface area contributed by atoms with E-state index in [9.17, 15) is 9.59 Å². The summed E-state index contributed by atoms with van der Waals surface area (Å²) in [6.07, 6.45) is 0. The first-order chi connectivity index (χ1) is 5.46. The van der Waals surface area contributed by atoms with Crippen LogP contribution in [-0.2, 0) is 9.59 Å². The van der Waals surface area contributed by atoms with Crippen molar-refractivity contribution in [2.75, 3.05) is 0 Å². The van der Waals surface area contributed by atoms with E-state index in [0.29, 0.717) is 0 Å². The first kappa shape index (κ1) is 9.28. The molecule has 0 saturated carbocycles. The first-order valence-electron chi connectivity index (χ1n) is 2.86. The molecule has 12 heavy (non-hydrogen) atoms. The van der Waals surface area contributed by atoms with Gasteiger partial charge in [0.1, 0.15) is 10.7 Å². The Kier molecular flexibility index (Phi) is 2.25. The Morgan fingerprint density at radius 2 is 1.58 bits per heavy atom. The first-order valence-corrected chi connectivity index (χ1v) is 4.03. The van der Waals surface area contributed by atoms with Crippen LogP contribution in [-0.4, -0.2) is 11.6 Å². The van der Waals surface area contributed by atoms with Crippen molar-refractivity contribution in [3.63, 3.8) is 0 Å². The molecule has 4 N–H and O–H groups in total. The van der Waals surface area contributed by atoms with Gasteiger partial charge >= 0.3 is 0 Å². The van der Waals surface area contributed by atoms with Crippen LogP contribution in [0.1, 0.15) is 0 Å². The molecule has 6 heteroatoms. The quantitative estimate of drug-likeness (QED) is 0.598. The second-order valence-electron chi connectivity index (χ2n) is 2.11. The van der Waals surface area contributed by atoms with Crippen LogP contribution in [0, 0.1) is 0 Å². The molecule has 0 saturated heterocycles. The largest absolute Gasteiger partial charge is 0.394 e. The zero-order valence-corrected chi connectivity index (χ0v) is 8.07. The summed E-state index contributed by atoms with van der Waals surface area (Å²) in [4.78, 5) is 22.1. The highest BCUT2D eigenvalue weighted by atomic mass is 79.9. The Morgan fingerprint density at radius 3 is 2.08 bits per heavy atom. The smallest absolute Gasteiger partial charge is 0.223 e. The number of hydrogen-bond acceptors (Lipinski definition) is 4. The number of nitrogens with two attached hydrogens (primary N) is 2. The molecule has 0 amide bonds. The number of halogens is 2. The highest BCUT2D eigenvalue weighted by molar-refractivity contribution is 9.12. The second-order valence-corrected chi connectivity index (χ2v) is 3.28. The summed E-state index contributed by atoms with van der Waals surface area (Å²) in [5.41, 5.74) is 9.99. The van der Waals surface area contributed by atoms with Crippen LogP contribution in [0.2, 0.25) is 0 Å². The summed E-state index contributed by atoms with van der Waals surface area (Å²) in [6.45, 7) is 0. The molecular weight excluding hydrogens is 247 g/mol. The summed E-state index contributed by atoms with van der Waals surface area (Å²) >= 11 is 8.26. The molecule has 0 atom stereocenters. The van der Waals surface area contributed by atoms with Crippen LogP contribution in [0.15, 0.2) is 20.9 Å². The van der Waals surface area contributed by atoms with Crippen LogP contribution in [0.4, 0.5) is 0 Å². The van der Waals surface area contributed by atoms with Crippen LogP contribution >= 0.6 is 27.5 Å². The van der Waals surface area contributed by atoms with Crippen LogP contribution in [0.25, 0.3) is 0 Å². The fourth-order valence-electron chi connectivity index (χ4n) is 0.680. The van der Waals surface area contributed by atoms with Crippen LogP contribution in [0.5, 0.6) is 0 Å². The second kappa shape index (κ2) is 2.91. The van der Waals surface area contributed by atoms with E-state index < -0.39 is 11.6 Å². The Balaban J connectivity index is 3.32. The van der Waals surface area contributed by atoms with Crippen LogP contribution < -0.4 is 11.5 Å². The number of allylic oxidation sites excluding steroid dienone is 2. The number of ketones is 2. The summed E-state index contributed by atoms with van der Waals surface area (Å²) < 4.78 is -0.0330. The normalized spacial score (nSPS) is 19.2. The van der Waals surface area contributed by atoms with Crippen molar-refractivity contribution in [2.24, 2.45) is 11.5 Å². The Labute approximate surface area is 81.4 Å². The lowest BCUT2D eigenvalue weighted by molar-refractivity contribution is -0.115. The van der Waals surface area contributed by atoms with Crippen molar-refractivity contribution < 1.29 is 9.59 Å². The molecule has 64 valence electrons. The van der Waals surface area contributed by atoms with Gasteiger partial charge < -0.3 is 11.5 Å². The van der Waals surface area contributed by atoms with E-state index in [1.807, 2.05) is 0 Å². The molecule has 1 aliphatic rings. The van der Waals surface area contributed by atoms with Crippen LogP contribution in [0.3, 0.4) is 0 Å². The fourth-order valence-corrected chi connectivity index (χ4v) is 1.26. The SMILES string of the molecule is NC1=C(Cl)C(=O)C(N)=C(Br)C1=O. The Hall–Kier alpha value is -0.810. The summed E-state index contributed by atoms with van der Waals surface area (Å²) in [5, 5.41) is -0.319. The fraction of sp³-hybridized carbons (Fsp3) is 0. The topological polar surface area (TPSA) is 86.2 Å². The van der Waals surface area contributed by atoms with Crippen molar-refractivity contribution >= 4 is 39.1 Å². The average molecular weight is 251 g/mol. The Bertz CT molecular complexity index is 283. The molecule has 0 aromatic rings. The number of rotatable bonds is 0. The maximum Gasteiger partial charge on any atom is 0.223 e.